The van der Waals surface area contributed by atoms with E-state index < -0.39 is 5.97 Å². The second-order valence-electron chi connectivity index (χ2n) is 5.34. The van der Waals surface area contributed by atoms with Gasteiger partial charge in [-0.3, -0.25) is 9.69 Å². The Morgan fingerprint density at radius 1 is 1.38 bits per heavy atom. The minimum Gasteiger partial charge on any atom is -0.480 e. The van der Waals surface area contributed by atoms with Gasteiger partial charge < -0.3 is 5.11 Å². The van der Waals surface area contributed by atoms with E-state index in [2.05, 4.69) is 11.8 Å². The Morgan fingerprint density at radius 2 is 2.19 bits per heavy atom. The zero-order valence-electron chi connectivity index (χ0n) is 10.2. The number of carboxylic acid groups (broad SMARTS) is 1. The van der Waals surface area contributed by atoms with Crippen LogP contribution in [0.15, 0.2) is 0 Å². The van der Waals surface area contributed by atoms with Gasteiger partial charge in [0, 0.05) is 6.54 Å². The molecule has 3 nitrogen and oxygen atoms in total. The van der Waals surface area contributed by atoms with Crippen LogP contribution in [0, 0.1) is 11.8 Å². The fourth-order valence-corrected chi connectivity index (χ4v) is 3.53. The molecule has 2 aliphatic rings. The lowest BCUT2D eigenvalue weighted by atomic mass is 9.94. The van der Waals surface area contributed by atoms with Crippen molar-refractivity contribution in [2.45, 2.75) is 51.5 Å². The molecule has 2 rings (SSSR count). The van der Waals surface area contributed by atoms with Crippen LogP contribution < -0.4 is 0 Å². The molecule has 0 spiro atoms. The molecule has 0 radical (unpaired) electrons. The molecule has 3 atom stereocenters. The second-order valence-corrected chi connectivity index (χ2v) is 5.34. The molecule has 92 valence electrons. The molecule has 0 aromatic heterocycles. The van der Waals surface area contributed by atoms with Crippen LogP contribution in [-0.4, -0.2) is 35.1 Å². The number of hydrogen-bond donors (Lipinski definition) is 1. The maximum Gasteiger partial charge on any atom is 0.321 e. The minimum absolute atomic E-state index is 0.177. The zero-order chi connectivity index (χ0) is 11.5. The minimum atomic E-state index is -0.592. The Balaban J connectivity index is 1.94. The molecule has 0 bridgehead atoms. The first-order valence-electron chi connectivity index (χ1n) is 6.71. The van der Waals surface area contributed by atoms with Crippen molar-refractivity contribution in [3.05, 3.63) is 0 Å². The highest BCUT2D eigenvalue weighted by Crippen LogP contribution is 2.42. The third-order valence-corrected chi connectivity index (χ3v) is 4.29. The SMILES string of the molecule is CCCCCN1CC2CCCC2C1C(=O)O. The number of unbranched alkanes of at least 4 members (excludes halogenated alkanes) is 2. The Kier molecular flexibility index (Phi) is 3.85. The lowest BCUT2D eigenvalue weighted by Gasteiger charge is -2.23. The Labute approximate surface area is 97.8 Å². The first kappa shape index (κ1) is 11.9. The predicted molar refractivity (Wildman–Crippen MR) is 63.4 cm³/mol. The van der Waals surface area contributed by atoms with Crippen molar-refractivity contribution >= 4 is 5.97 Å². The van der Waals surface area contributed by atoms with Gasteiger partial charge in [-0.2, -0.15) is 0 Å². The summed E-state index contributed by atoms with van der Waals surface area (Å²) in [6, 6.07) is -0.177. The van der Waals surface area contributed by atoms with Crippen molar-refractivity contribution in [2.75, 3.05) is 13.1 Å². The van der Waals surface area contributed by atoms with Gasteiger partial charge in [0.25, 0.3) is 0 Å². The maximum atomic E-state index is 11.3. The highest BCUT2D eigenvalue weighted by atomic mass is 16.4. The number of carbonyl (C=O) groups is 1. The normalized spacial score (nSPS) is 34.2. The van der Waals surface area contributed by atoms with Crippen LogP contribution in [0.4, 0.5) is 0 Å². The van der Waals surface area contributed by atoms with Crippen molar-refractivity contribution in [1.29, 1.82) is 0 Å². The second kappa shape index (κ2) is 5.17. The highest BCUT2D eigenvalue weighted by molar-refractivity contribution is 5.74. The monoisotopic (exact) mass is 225 g/mol. The molecule has 1 aliphatic heterocycles. The number of likely N-dealkylation sites (tertiary alicyclic amines) is 1. The first-order chi connectivity index (χ1) is 7.74. The van der Waals surface area contributed by atoms with Gasteiger partial charge in [0.1, 0.15) is 6.04 Å². The van der Waals surface area contributed by atoms with Gasteiger partial charge in [-0.05, 0) is 37.6 Å². The number of nitrogens with zero attached hydrogens (tertiary/aromatic N) is 1. The summed E-state index contributed by atoms with van der Waals surface area (Å²) in [7, 11) is 0. The topological polar surface area (TPSA) is 40.5 Å². The third-order valence-electron chi connectivity index (χ3n) is 4.29. The van der Waals surface area contributed by atoms with Crippen LogP contribution in [0.1, 0.15) is 45.4 Å². The quantitative estimate of drug-likeness (QED) is 0.730. The highest BCUT2D eigenvalue weighted by Gasteiger charge is 2.47. The summed E-state index contributed by atoms with van der Waals surface area (Å²) in [4.78, 5) is 13.6. The number of aliphatic carboxylic acids is 1. The van der Waals surface area contributed by atoms with E-state index in [0.29, 0.717) is 11.8 Å². The van der Waals surface area contributed by atoms with E-state index in [1.54, 1.807) is 0 Å². The lowest BCUT2D eigenvalue weighted by molar-refractivity contribution is -0.143. The van der Waals surface area contributed by atoms with Crippen molar-refractivity contribution in [2.24, 2.45) is 11.8 Å². The Bertz CT molecular complexity index is 254. The van der Waals surface area contributed by atoms with Gasteiger partial charge in [0.15, 0.2) is 0 Å². The molecule has 16 heavy (non-hydrogen) atoms. The summed E-state index contributed by atoms with van der Waals surface area (Å²) in [6.45, 7) is 4.20. The molecule has 1 N–H and O–H groups in total. The molecule has 2 fully saturated rings. The number of hydrogen-bond acceptors (Lipinski definition) is 2. The van der Waals surface area contributed by atoms with Crippen molar-refractivity contribution < 1.29 is 9.90 Å². The summed E-state index contributed by atoms with van der Waals surface area (Å²) in [5.74, 6) is 0.521. The largest absolute Gasteiger partial charge is 0.480 e. The molecule has 1 aliphatic carbocycles. The van der Waals surface area contributed by atoms with Crippen LogP contribution >= 0.6 is 0 Å². The van der Waals surface area contributed by atoms with E-state index in [0.717, 1.165) is 25.9 Å². The molecule has 0 aromatic carbocycles. The van der Waals surface area contributed by atoms with Gasteiger partial charge in [-0.25, -0.2) is 0 Å². The third kappa shape index (κ3) is 2.24. The van der Waals surface area contributed by atoms with E-state index in [-0.39, 0.29) is 6.04 Å². The molecule has 1 saturated carbocycles. The summed E-state index contributed by atoms with van der Waals surface area (Å²) < 4.78 is 0. The van der Waals surface area contributed by atoms with E-state index in [4.69, 9.17) is 0 Å². The average molecular weight is 225 g/mol. The summed E-state index contributed by atoms with van der Waals surface area (Å²) in [5, 5.41) is 9.35. The van der Waals surface area contributed by atoms with Gasteiger partial charge in [-0.15, -0.1) is 0 Å². The van der Waals surface area contributed by atoms with E-state index in [9.17, 15) is 9.90 Å². The van der Waals surface area contributed by atoms with Crippen molar-refractivity contribution in [3.63, 3.8) is 0 Å². The van der Waals surface area contributed by atoms with E-state index in [1.807, 2.05) is 0 Å². The summed E-state index contributed by atoms with van der Waals surface area (Å²) in [5.41, 5.74) is 0. The zero-order valence-corrected chi connectivity index (χ0v) is 10.2. The number of carboxylic acids is 1. The van der Waals surface area contributed by atoms with E-state index >= 15 is 0 Å². The van der Waals surface area contributed by atoms with Crippen LogP contribution in [0.5, 0.6) is 0 Å². The van der Waals surface area contributed by atoms with Crippen LogP contribution in [0.2, 0.25) is 0 Å². The molecular formula is C13H23NO2. The fraction of sp³-hybridized carbons (Fsp3) is 0.923. The molecule has 1 saturated heterocycles. The fourth-order valence-electron chi connectivity index (χ4n) is 3.53. The van der Waals surface area contributed by atoms with Crippen molar-refractivity contribution in [1.82, 2.24) is 4.90 Å². The predicted octanol–water partition coefficient (Wildman–Crippen LogP) is 2.36. The van der Waals surface area contributed by atoms with Gasteiger partial charge in [0.2, 0.25) is 0 Å². The molecule has 0 amide bonds. The van der Waals surface area contributed by atoms with Crippen LogP contribution in [0.25, 0.3) is 0 Å². The molecule has 0 aromatic rings. The molecule has 3 unspecified atom stereocenters. The lowest BCUT2D eigenvalue weighted by Crippen LogP contribution is -2.40. The summed E-state index contributed by atoms with van der Waals surface area (Å²) >= 11 is 0. The average Bonchev–Trinajstić information content (AvgIpc) is 2.76. The molecule has 1 heterocycles. The van der Waals surface area contributed by atoms with Crippen LogP contribution in [-0.2, 0) is 4.79 Å². The van der Waals surface area contributed by atoms with E-state index in [1.165, 1.54) is 25.7 Å². The molecular weight excluding hydrogens is 202 g/mol. The number of rotatable bonds is 5. The first-order valence-corrected chi connectivity index (χ1v) is 6.71. The summed E-state index contributed by atoms with van der Waals surface area (Å²) in [6.07, 6.45) is 7.20. The van der Waals surface area contributed by atoms with Gasteiger partial charge >= 0.3 is 5.97 Å². The Morgan fingerprint density at radius 3 is 2.88 bits per heavy atom. The molecule has 3 heteroatoms. The number of fused-ring (bicyclic) bond motifs is 1. The Hall–Kier alpha value is -0.570. The van der Waals surface area contributed by atoms with Gasteiger partial charge in [-0.1, -0.05) is 26.2 Å². The van der Waals surface area contributed by atoms with Crippen LogP contribution in [0.3, 0.4) is 0 Å². The van der Waals surface area contributed by atoms with Crippen molar-refractivity contribution in [3.8, 4) is 0 Å². The smallest absolute Gasteiger partial charge is 0.321 e. The standard InChI is InChI=1S/C13H23NO2/c1-2-3-4-8-14-9-10-6-5-7-11(10)12(14)13(15)16/h10-12H,2-9H2,1H3,(H,15,16). The maximum absolute atomic E-state index is 11.3. The van der Waals surface area contributed by atoms with Gasteiger partial charge in [0.05, 0.1) is 0 Å².